The second kappa shape index (κ2) is 7.78. The third kappa shape index (κ3) is 4.82. The van der Waals surface area contributed by atoms with Gasteiger partial charge in [0, 0.05) is 40.8 Å². The van der Waals surface area contributed by atoms with E-state index in [0.29, 0.717) is 17.6 Å². The number of allylic oxidation sites excluding steroid dienone is 1. The van der Waals surface area contributed by atoms with E-state index in [-0.39, 0.29) is 0 Å². The van der Waals surface area contributed by atoms with Gasteiger partial charge >= 0.3 is 0 Å². The predicted molar refractivity (Wildman–Crippen MR) is 98.8 cm³/mol. The number of rotatable bonds is 6. The molecule has 0 atom stereocenters. The van der Waals surface area contributed by atoms with Gasteiger partial charge in [0.1, 0.15) is 0 Å². The van der Waals surface area contributed by atoms with Crippen molar-refractivity contribution in [2.45, 2.75) is 31.7 Å². The minimum absolute atomic E-state index is 0.296. The van der Waals surface area contributed by atoms with Crippen molar-refractivity contribution in [2.24, 2.45) is 0 Å². The summed E-state index contributed by atoms with van der Waals surface area (Å²) in [6.07, 6.45) is 4.86. The van der Waals surface area contributed by atoms with Crippen LogP contribution in [0.3, 0.4) is 0 Å². The molecule has 3 N–H and O–H groups in total. The Bertz CT molecular complexity index is 707. The Morgan fingerprint density at radius 2 is 1.96 bits per heavy atom. The summed E-state index contributed by atoms with van der Waals surface area (Å²) >= 11 is 4.27. The van der Waals surface area contributed by atoms with Crippen molar-refractivity contribution < 1.29 is 0 Å². The molecule has 0 unspecified atom stereocenters. The number of benzene rings is 1. The molecule has 0 saturated heterocycles. The van der Waals surface area contributed by atoms with Crippen molar-refractivity contribution in [1.82, 2.24) is 15.3 Å². The van der Waals surface area contributed by atoms with Gasteiger partial charge < -0.3 is 16.0 Å². The lowest BCUT2D eigenvalue weighted by Crippen LogP contribution is -2.16. The molecule has 5 nitrogen and oxygen atoms in total. The fourth-order valence-corrected chi connectivity index (χ4v) is 2.05. The standard InChI is InChI=1S/C17H21N5S/c1-11(2)19-10-13(8-18)16-12(3)9-20-17(22-16)21-14-4-6-15(23)7-5-14/h4-11,18-19,23H,1-3H3,(H,20,21,22)/b13-10+,18-8?. The topological polar surface area (TPSA) is 73.7 Å². The Morgan fingerprint density at radius 3 is 2.57 bits per heavy atom. The van der Waals surface area contributed by atoms with Crippen LogP contribution in [0.4, 0.5) is 11.6 Å². The van der Waals surface area contributed by atoms with E-state index in [2.05, 4.69) is 33.2 Å². The van der Waals surface area contributed by atoms with Crippen LogP contribution in [-0.2, 0) is 0 Å². The summed E-state index contributed by atoms with van der Waals surface area (Å²) in [5, 5.41) is 14.0. The van der Waals surface area contributed by atoms with E-state index in [4.69, 9.17) is 5.41 Å². The van der Waals surface area contributed by atoms with Gasteiger partial charge in [0.25, 0.3) is 0 Å². The van der Waals surface area contributed by atoms with Crippen molar-refractivity contribution in [3.05, 3.63) is 47.9 Å². The number of nitrogens with one attached hydrogen (secondary N) is 3. The van der Waals surface area contributed by atoms with E-state index in [9.17, 15) is 0 Å². The lowest BCUT2D eigenvalue weighted by atomic mass is 10.1. The van der Waals surface area contributed by atoms with E-state index >= 15 is 0 Å². The number of aromatic nitrogens is 2. The van der Waals surface area contributed by atoms with Gasteiger partial charge in [0.05, 0.1) is 5.69 Å². The number of thiol groups is 1. The van der Waals surface area contributed by atoms with Crippen molar-refractivity contribution in [3.63, 3.8) is 0 Å². The molecule has 0 spiro atoms. The summed E-state index contributed by atoms with van der Waals surface area (Å²) in [6, 6.07) is 7.92. The van der Waals surface area contributed by atoms with Gasteiger partial charge in [-0.2, -0.15) is 0 Å². The molecule has 0 aliphatic carbocycles. The fraction of sp³-hybridized carbons (Fsp3) is 0.235. The highest BCUT2D eigenvalue weighted by atomic mass is 32.1. The molecule has 6 heteroatoms. The number of hydrogen-bond acceptors (Lipinski definition) is 6. The van der Waals surface area contributed by atoms with Gasteiger partial charge in [0.2, 0.25) is 5.95 Å². The molecule has 0 fully saturated rings. The number of anilines is 2. The van der Waals surface area contributed by atoms with E-state index < -0.39 is 0 Å². The highest BCUT2D eigenvalue weighted by molar-refractivity contribution is 7.80. The first-order chi connectivity index (χ1) is 11.0. The minimum atomic E-state index is 0.296. The predicted octanol–water partition coefficient (Wildman–Crippen LogP) is 3.81. The van der Waals surface area contributed by atoms with Crippen molar-refractivity contribution >= 4 is 36.1 Å². The van der Waals surface area contributed by atoms with Gasteiger partial charge in [-0.05, 0) is 50.6 Å². The zero-order valence-corrected chi connectivity index (χ0v) is 14.4. The van der Waals surface area contributed by atoms with Crippen LogP contribution < -0.4 is 10.6 Å². The molecule has 0 aliphatic rings. The normalized spacial score (nSPS) is 11.4. The molecule has 23 heavy (non-hydrogen) atoms. The van der Waals surface area contributed by atoms with Crippen LogP contribution in [-0.4, -0.2) is 22.2 Å². The maximum atomic E-state index is 7.63. The van der Waals surface area contributed by atoms with E-state index in [0.717, 1.165) is 21.8 Å². The van der Waals surface area contributed by atoms with Crippen LogP contribution in [0.2, 0.25) is 0 Å². The highest BCUT2D eigenvalue weighted by Gasteiger charge is 2.08. The zero-order chi connectivity index (χ0) is 16.8. The number of hydrogen-bond donors (Lipinski definition) is 4. The molecule has 0 amide bonds. The van der Waals surface area contributed by atoms with Crippen molar-refractivity contribution in [1.29, 1.82) is 5.41 Å². The van der Waals surface area contributed by atoms with Gasteiger partial charge in [0.15, 0.2) is 0 Å². The van der Waals surface area contributed by atoms with Crippen LogP contribution in [0.15, 0.2) is 41.6 Å². The van der Waals surface area contributed by atoms with Gasteiger partial charge in [-0.1, -0.05) is 0 Å². The summed E-state index contributed by atoms with van der Waals surface area (Å²) < 4.78 is 0. The van der Waals surface area contributed by atoms with Crippen LogP contribution in [0.1, 0.15) is 25.1 Å². The molecule has 1 aromatic heterocycles. The van der Waals surface area contributed by atoms with Gasteiger partial charge in [-0.15, -0.1) is 12.6 Å². The molecule has 1 aromatic carbocycles. The minimum Gasteiger partial charge on any atom is -0.388 e. The monoisotopic (exact) mass is 327 g/mol. The second-order valence-electron chi connectivity index (χ2n) is 5.46. The Balaban J connectivity index is 2.29. The third-order valence-corrected chi connectivity index (χ3v) is 3.39. The van der Waals surface area contributed by atoms with E-state index in [1.165, 1.54) is 6.21 Å². The molecule has 120 valence electrons. The lowest BCUT2D eigenvalue weighted by Gasteiger charge is -2.11. The number of aryl methyl sites for hydroxylation is 1. The van der Waals surface area contributed by atoms with Crippen LogP contribution >= 0.6 is 12.6 Å². The molecule has 0 bridgehead atoms. The smallest absolute Gasteiger partial charge is 0.227 e. The maximum absolute atomic E-state index is 7.63. The first-order valence-electron chi connectivity index (χ1n) is 7.36. The zero-order valence-electron chi connectivity index (χ0n) is 13.5. The SMILES string of the molecule is Cc1cnc(Nc2ccc(S)cc2)nc1/C(C=N)=C/NC(C)C. The Kier molecular flexibility index (Phi) is 5.76. The lowest BCUT2D eigenvalue weighted by molar-refractivity contribution is 0.704. The third-order valence-electron chi connectivity index (χ3n) is 3.10. The molecule has 2 rings (SSSR count). The summed E-state index contributed by atoms with van der Waals surface area (Å²) in [5.41, 5.74) is 3.25. The Labute approximate surface area is 142 Å². The largest absolute Gasteiger partial charge is 0.388 e. The van der Waals surface area contributed by atoms with Crippen molar-refractivity contribution in [2.75, 3.05) is 5.32 Å². The average Bonchev–Trinajstić information content (AvgIpc) is 2.52. The number of nitrogens with zero attached hydrogens (tertiary/aromatic N) is 2. The molecule has 0 saturated carbocycles. The molecule has 2 aromatic rings. The summed E-state index contributed by atoms with van der Waals surface area (Å²) in [5.74, 6) is 0.495. The van der Waals surface area contributed by atoms with E-state index in [1.807, 2.05) is 51.2 Å². The quantitative estimate of drug-likeness (QED) is 0.481. The van der Waals surface area contributed by atoms with Crippen LogP contribution in [0, 0.1) is 12.3 Å². The Morgan fingerprint density at radius 1 is 1.26 bits per heavy atom. The first-order valence-corrected chi connectivity index (χ1v) is 7.81. The molecular weight excluding hydrogens is 306 g/mol. The van der Waals surface area contributed by atoms with Crippen molar-refractivity contribution in [3.8, 4) is 0 Å². The molecule has 1 heterocycles. The summed E-state index contributed by atoms with van der Waals surface area (Å²) in [4.78, 5) is 9.74. The average molecular weight is 327 g/mol. The molecule has 0 aliphatic heterocycles. The fourth-order valence-electron chi connectivity index (χ4n) is 1.90. The van der Waals surface area contributed by atoms with Gasteiger partial charge in [-0.3, -0.25) is 0 Å². The molecule has 0 radical (unpaired) electrons. The maximum Gasteiger partial charge on any atom is 0.227 e. The summed E-state index contributed by atoms with van der Waals surface area (Å²) in [7, 11) is 0. The first kappa shape index (κ1) is 17.0. The molecular formula is C17H21N5S. The van der Waals surface area contributed by atoms with E-state index in [1.54, 1.807) is 6.20 Å². The van der Waals surface area contributed by atoms with Crippen LogP contribution in [0.5, 0.6) is 0 Å². The Hall–Kier alpha value is -2.34. The highest BCUT2D eigenvalue weighted by Crippen LogP contribution is 2.19. The summed E-state index contributed by atoms with van der Waals surface area (Å²) in [6.45, 7) is 6.02. The van der Waals surface area contributed by atoms with Crippen LogP contribution in [0.25, 0.3) is 5.57 Å². The van der Waals surface area contributed by atoms with Gasteiger partial charge in [-0.25, -0.2) is 9.97 Å². The second-order valence-corrected chi connectivity index (χ2v) is 5.98.